The van der Waals surface area contributed by atoms with Crippen molar-refractivity contribution in [1.29, 1.82) is 0 Å². The predicted molar refractivity (Wildman–Crippen MR) is 192 cm³/mol. The Bertz CT molecular complexity index is 2270. The molecule has 1 aliphatic heterocycles. The Morgan fingerprint density at radius 1 is 0.491 bits per heavy atom. The third-order valence-electron chi connectivity index (χ3n) is 8.31. The van der Waals surface area contributed by atoms with Crippen LogP contribution in [0.25, 0.3) is 0 Å². The third-order valence-corrected chi connectivity index (χ3v) is 8.31. The highest BCUT2D eigenvalue weighted by Gasteiger charge is 2.34. The molecule has 1 aliphatic rings. The average molecular weight is 707 g/mol. The van der Waals surface area contributed by atoms with Crippen molar-refractivity contribution < 1.29 is 48.0 Å². The minimum Gasteiger partial charge on any atom is -0.482 e. The Balaban J connectivity index is 1.23. The summed E-state index contributed by atoms with van der Waals surface area (Å²) < 4.78 is 29.2. The van der Waals surface area contributed by atoms with E-state index >= 15 is 0 Å². The van der Waals surface area contributed by atoms with Gasteiger partial charge >= 0.3 is 23.9 Å². The number of aliphatic hydroxyl groups excluding tert-OH is 1. The number of ether oxygens (including phenoxy) is 5. The van der Waals surface area contributed by atoms with Crippen molar-refractivity contribution in [3.63, 3.8) is 0 Å². The van der Waals surface area contributed by atoms with Crippen molar-refractivity contribution in [2.24, 2.45) is 0 Å². The van der Waals surface area contributed by atoms with Crippen LogP contribution >= 0.6 is 0 Å². The van der Waals surface area contributed by atoms with Crippen LogP contribution in [-0.4, -0.2) is 35.1 Å². The number of fused-ring (bicyclic) bond motifs is 1. The summed E-state index contributed by atoms with van der Waals surface area (Å²) in [6.45, 7) is 0. The molecule has 7 rings (SSSR count). The molecule has 0 amide bonds. The lowest BCUT2D eigenvalue weighted by Crippen LogP contribution is -2.31. The quantitative estimate of drug-likeness (QED) is 0.118. The summed E-state index contributed by atoms with van der Waals surface area (Å²) in [5, 5.41) is 11.5. The molecule has 0 aromatic heterocycles. The van der Waals surface area contributed by atoms with Crippen molar-refractivity contribution in [2.45, 2.75) is 18.6 Å². The van der Waals surface area contributed by atoms with Crippen molar-refractivity contribution in [3.05, 3.63) is 185 Å². The summed E-state index contributed by atoms with van der Waals surface area (Å²) in [5.41, 5.74) is 1.86. The lowest BCUT2D eigenvalue weighted by Gasteiger charge is -2.32. The fourth-order valence-corrected chi connectivity index (χ4v) is 5.68. The number of aliphatic hydroxyl groups is 1. The van der Waals surface area contributed by atoms with Gasteiger partial charge in [-0.05, 0) is 66.2 Å². The number of rotatable bonds is 9. The van der Waals surface area contributed by atoms with Gasteiger partial charge in [0.1, 0.15) is 23.4 Å². The molecule has 262 valence electrons. The molecule has 6 aromatic rings. The van der Waals surface area contributed by atoms with Gasteiger partial charge in [-0.1, -0.05) is 78.9 Å². The zero-order valence-corrected chi connectivity index (χ0v) is 27.9. The monoisotopic (exact) mass is 706 g/mol. The standard InChI is InChI=1S/C43H30O10/c44-34-26-33-36(24-32(49-40(45)27-13-5-1-6-14-27)25-37(33)52-42(47)29-17-9-3-10-18-29)50-39(34)31-21-22-35(51-41(46)28-15-7-2-8-16-28)38(23-31)53-43(48)30-19-11-4-12-20-30/h1-25,34,39,44H,26H2/t34-,39+/m0/s1. The second-order valence-corrected chi connectivity index (χ2v) is 11.9. The van der Waals surface area contributed by atoms with Gasteiger partial charge in [0, 0.05) is 24.1 Å². The SMILES string of the molecule is O=C(Oc1cc(OC(=O)c2ccccc2)c2c(c1)O[C@H](c1ccc(OC(=O)c3ccccc3)c(OC(=O)c3ccccc3)c1)[C@@H](O)C2)c1ccccc1. The van der Waals surface area contributed by atoms with Crippen LogP contribution in [-0.2, 0) is 6.42 Å². The molecule has 0 aliphatic carbocycles. The second-order valence-electron chi connectivity index (χ2n) is 11.9. The highest BCUT2D eigenvalue weighted by atomic mass is 16.6. The van der Waals surface area contributed by atoms with Crippen LogP contribution in [0.1, 0.15) is 58.7 Å². The van der Waals surface area contributed by atoms with E-state index < -0.39 is 36.1 Å². The zero-order chi connectivity index (χ0) is 36.7. The maximum absolute atomic E-state index is 13.2. The minimum absolute atomic E-state index is 0.0317. The van der Waals surface area contributed by atoms with Crippen LogP contribution in [0.5, 0.6) is 28.7 Å². The Kier molecular flexibility index (Phi) is 10.0. The molecule has 53 heavy (non-hydrogen) atoms. The van der Waals surface area contributed by atoms with Gasteiger partial charge in [0.2, 0.25) is 0 Å². The van der Waals surface area contributed by atoms with E-state index in [1.165, 1.54) is 24.3 Å². The van der Waals surface area contributed by atoms with Gasteiger partial charge in [-0.3, -0.25) is 0 Å². The van der Waals surface area contributed by atoms with E-state index in [4.69, 9.17) is 23.7 Å². The van der Waals surface area contributed by atoms with Crippen molar-refractivity contribution in [3.8, 4) is 28.7 Å². The van der Waals surface area contributed by atoms with E-state index in [1.807, 2.05) is 0 Å². The predicted octanol–water partition coefficient (Wildman–Crippen LogP) is 7.60. The van der Waals surface area contributed by atoms with Crippen molar-refractivity contribution in [2.75, 3.05) is 0 Å². The number of esters is 4. The van der Waals surface area contributed by atoms with E-state index in [2.05, 4.69) is 0 Å². The molecule has 0 bridgehead atoms. The fourth-order valence-electron chi connectivity index (χ4n) is 5.68. The summed E-state index contributed by atoms with van der Waals surface area (Å²) >= 11 is 0. The zero-order valence-electron chi connectivity index (χ0n) is 27.9. The van der Waals surface area contributed by atoms with E-state index in [1.54, 1.807) is 127 Å². The lowest BCUT2D eigenvalue weighted by atomic mass is 9.93. The van der Waals surface area contributed by atoms with Gasteiger partial charge < -0.3 is 28.8 Å². The van der Waals surface area contributed by atoms with Gasteiger partial charge in [-0.25, -0.2) is 19.2 Å². The van der Waals surface area contributed by atoms with Gasteiger partial charge in [0.05, 0.1) is 28.4 Å². The molecule has 2 atom stereocenters. The first-order valence-corrected chi connectivity index (χ1v) is 16.6. The first-order valence-electron chi connectivity index (χ1n) is 16.6. The van der Waals surface area contributed by atoms with Crippen LogP contribution in [0.3, 0.4) is 0 Å². The molecular weight excluding hydrogens is 676 g/mol. The minimum atomic E-state index is -1.19. The molecular formula is C43H30O10. The van der Waals surface area contributed by atoms with Crippen molar-refractivity contribution in [1.82, 2.24) is 0 Å². The second kappa shape index (κ2) is 15.5. The first-order chi connectivity index (χ1) is 25.8. The molecule has 1 N–H and O–H groups in total. The number of carbonyl (C=O) groups excluding carboxylic acids is 4. The van der Waals surface area contributed by atoms with Gasteiger partial charge in [-0.2, -0.15) is 0 Å². The molecule has 6 aromatic carbocycles. The summed E-state index contributed by atoms with van der Waals surface area (Å²) in [6, 6.07) is 40.7. The number of benzene rings is 6. The molecule has 1 heterocycles. The maximum Gasteiger partial charge on any atom is 0.343 e. The maximum atomic E-state index is 13.2. The topological polar surface area (TPSA) is 135 Å². The van der Waals surface area contributed by atoms with E-state index in [0.717, 1.165) is 0 Å². The van der Waals surface area contributed by atoms with Crippen LogP contribution in [0.4, 0.5) is 0 Å². The Morgan fingerprint density at radius 2 is 0.925 bits per heavy atom. The summed E-state index contributed by atoms with van der Waals surface area (Å²) in [6.07, 6.45) is -2.27. The Morgan fingerprint density at radius 3 is 1.42 bits per heavy atom. The molecule has 0 radical (unpaired) electrons. The Labute approximate surface area is 303 Å². The lowest BCUT2D eigenvalue weighted by molar-refractivity contribution is 0.0192. The fraction of sp³-hybridized carbons (Fsp3) is 0.0698. The molecule has 10 nitrogen and oxygen atoms in total. The highest BCUT2D eigenvalue weighted by molar-refractivity contribution is 5.94. The van der Waals surface area contributed by atoms with Gasteiger partial charge in [0.25, 0.3) is 0 Å². The van der Waals surface area contributed by atoms with E-state index in [0.29, 0.717) is 16.7 Å². The molecule has 10 heteroatoms. The van der Waals surface area contributed by atoms with Crippen LogP contribution < -0.4 is 23.7 Å². The third kappa shape index (κ3) is 7.98. The normalized spacial score (nSPS) is 14.5. The van der Waals surface area contributed by atoms with Crippen LogP contribution in [0.15, 0.2) is 152 Å². The molecule has 0 spiro atoms. The molecule has 0 saturated heterocycles. The van der Waals surface area contributed by atoms with Crippen molar-refractivity contribution >= 4 is 23.9 Å². The molecule has 0 saturated carbocycles. The van der Waals surface area contributed by atoms with Crippen LogP contribution in [0.2, 0.25) is 0 Å². The highest BCUT2D eigenvalue weighted by Crippen LogP contribution is 2.44. The van der Waals surface area contributed by atoms with E-state index in [-0.39, 0.29) is 51.9 Å². The Hall–Kier alpha value is -7.04. The largest absolute Gasteiger partial charge is 0.482 e. The number of hydrogen-bond donors (Lipinski definition) is 1. The van der Waals surface area contributed by atoms with Gasteiger partial charge in [-0.15, -0.1) is 0 Å². The first kappa shape index (κ1) is 34.4. The van der Waals surface area contributed by atoms with Crippen LogP contribution in [0, 0.1) is 0 Å². The molecule has 0 fully saturated rings. The smallest absolute Gasteiger partial charge is 0.343 e. The summed E-state index contributed by atoms with van der Waals surface area (Å²) in [7, 11) is 0. The summed E-state index contributed by atoms with van der Waals surface area (Å²) in [4.78, 5) is 52.3. The van der Waals surface area contributed by atoms with E-state index in [9.17, 15) is 24.3 Å². The summed E-state index contributed by atoms with van der Waals surface area (Å²) in [5.74, 6) is -2.58. The van der Waals surface area contributed by atoms with Gasteiger partial charge in [0.15, 0.2) is 11.5 Å². The average Bonchev–Trinajstić information content (AvgIpc) is 3.20. The number of hydrogen-bond acceptors (Lipinski definition) is 10. The number of carbonyl (C=O) groups is 4. The molecule has 0 unspecified atom stereocenters.